The summed E-state index contributed by atoms with van der Waals surface area (Å²) in [4.78, 5) is 26.5. The first-order chi connectivity index (χ1) is 15.6. The van der Waals surface area contributed by atoms with Gasteiger partial charge in [-0.1, -0.05) is 64.7 Å². The number of carboxylic acid groups (broad SMARTS) is 1. The zero-order valence-electron chi connectivity index (χ0n) is 21.0. The number of hydrogen-bond donors (Lipinski definition) is 1. The molecule has 0 bridgehead atoms. The highest BCUT2D eigenvalue weighted by atomic mass is 16.5. The molecule has 0 aromatic heterocycles. The van der Waals surface area contributed by atoms with E-state index in [1.807, 2.05) is 0 Å². The topological polar surface area (TPSA) is 70.1 Å². The van der Waals surface area contributed by atoms with Crippen LogP contribution >= 0.6 is 0 Å². The molecular weight excluding hydrogens is 404 g/mol. The van der Waals surface area contributed by atoms with Crippen LogP contribution in [0.5, 0.6) is 0 Å². The molecule has 0 spiro atoms. The third-order valence-electron chi connectivity index (χ3n) is 6.90. The minimum atomic E-state index is -0.768. The van der Waals surface area contributed by atoms with Crippen molar-refractivity contribution in [2.24, 2.45) is 5.92 Å². The molecule has 1 amide bonds. The highest BCUT2D eigenvalue weighted by Gasteiger charge is 2.22. The Bertz CT molecular complexity index is 478. The Kier molecular flexibility index (Phi) is 17.2. The maximum atomic E-state index is 11.2. The normalized spacial score (nSPS) is 14.8. The average molecular weight is 455 g/mol. The van der Waals surface area contributed by atoms with Crippen LogP contribution in [0.15, 0.2) is 0 Å². The fraction of sp³-hybridized carbons (Fsp3) is 0.923. The van der Waals surface area contributed by atoms with Crippen molar-refractivity contribution in [1.29, 1.82) is 0 Å². The SMILES string of the molecule is CCCCCCCCCN(CCCCCCCC(=O)OC)CCC1CCN(C(=O)O)CC1. The predicted molar refractivity (Wildman–Crippen MR) is 131 cm³/mol. The van der Waals surface area contributed by atoms with Gasteiger partial charge in [-0.2, -0.15) is 0 Å². The molecule has 6 heteroatoms. The number of hydrogen-bond acceptors (Lipinski definition) is 4. The van der Waals surface area contributed by atoms with Gasteiger partial charge in [-0.25, -0.2) is 4.79 Å². The van der Waals surface area contributed by atoms with Crippen LogP contribution in [0.1, 0.15) is 110 Å². The second kappa shape index (κ2) is 19.2. The number of carbonyl (C=O) groups is 2. The Morgan fingerprint density at radius 3 is 1.91 bits per heavy atom. The maximum Gasteiger partial charge on any atom is 0.407 e. The number of carbonyl (C=O) groups excluding carboxylic acids is 1. The monoisotopic (exact) mass is 454 g/mol. The van der Waals surface area contributed by atoms with Crippen LogP contribution in [0.3, 0.4) is 0 Å². The van der Waals surface area contributed by atoms with E-state index >= 15 is 0 Å². The molecule has 0 aromatic rings. The number of ether oxygens (including phenoxy) is 1. The molecule has 32 heavy (non-hydrogen) atoms. The molecule has 1 heterocycles. The van der Waals surface area contributed by atoms with Crippen molar-refractivity contribution < 1.29 is 19.4 Å². The molecular formula is C26H50N2O4. The minimum absolute atomic E-state index is 0.0972. The number of amides is 1. The van der Waals surface area contributed by atoms with Crippen molar-refractivity contribution in [2.75, 3.05) is 39.8 Å². The third-order valence-corrected chi connectivity index (χ3v) is 6.90. The molecule has 0 aromatic carbocycles. The highest BCUT2D eigenvalue weighted by molar-refractivity contribution is 5.68. The van der Waals surface area contributed by atoms with Gasteiger partial charge >= 0.3 is 12.1 Å². The Hall–Kier alpha value is -1.30. The standard InChI is InChI=1S/C26H50N2O4/c1-3-4-5-6-7-10-13-19-27(20-14-11-8-9-12-15-25(29)32-2)21-16-24-17-22-28(23-18-24)26(30)31/h24H,3-23H2,1-2H3,(H,30,31). The lowest BCUT2D eigenvalue weighted by Gasteiger charge is -2.31. The van der Waals surface area contributed by atoms with Crippen LogP contribution in [0, 0.1) is 5.92 Å². The highest BCUT2D eigenvalue weighted by Crippen LogP contribution is 2.21. The molecule has 6 nitrogen and oxygen atoms in total. The predicted octanol–water partition coefficient (Wildman–Crippen LogP) is 6.33. The quantitative estimate of drug-likeness (QED) is 0.182. The molecule has 0 saturated carbocycles. The summed E-state index contributed by atoms with van der Waals surface area (Å²) in [5.41, 5.74) is 0. The summed E-state index contributed by atoms with van der Waals surface area (Å²) in [7, 11) is 1.46. The van der Waals surface area contributed by atoms with Crippen LogP contribution in [-0.4, -0.2) is 66.8 Å². The molecule has 1 N–H and O–H groups in total. The van der Waals surface area contributed by atoms with Crippen molar-refractivity contribution >= 4 is 12.1 Å². The number of rotatable bonds is 19. The molecule has 1 fully saturated rings. The maximum absolute atomic E-state index is 11.2. The molecule has 188 valence electrons. The number of esters is 1. The fourth-order valence-electron chi connectivity index (χ4n) is 4.64. The van der Waals surface area contributed by atoms with Crippen LogP contribution in [0.4, 0.5) is 4.79 Å². The zero-order chi connectivity index (χ0) is 23.4. The molecule has 1 aliphatic rings. The van der Waals surface area contributed by atoms with Crippen molar-refractivity contribution in [1.82, 2.24) is 9.80 Å². The summed E-state index contributed by atoms with van der Waals surface area (Å²) < 4.78 is 4.70. The van der Waals surface area contributed by atoms with E-state index in [1.54, 1.807) is 4.90 Å². The van der Waals surface area contributed by atoms with Gasteiger partial charge in [-0.05, 0) is 64.1 Å². The second-order valence-corrected chi connectivity index (χ2v) is 9.56. The van der Waals surface area contributed by atoms with E-state index in [2.05, 4.69) is 11.8 Å². The van der Waals surface area contributed by atoms with Crippen molar-refractivity contribution in [3.05, 3.63) is 0 Å². The van der Waals surface area contributed by atoms with Gasteiger partial charge in [0.05, 0.1) is 7.11 Å². The lowest BCUT2D eigenvalue weighted by molar-refractivity contribution is -0.140. The Morgan fingerprint density at radius 2 is 1.38 bits per heavy atom. The summed E-state index contributed by atoms with van der Waals surface area (Å²) in [6.45, 7) is 7.18. The molecule has 1 rings (SSSR count). The molecule has 1 aliphatic heterocycles. The van der Waals surface area contributed by atoms with Crippen LogP contribution < -0.4 is 0 Å². The van der Waals surface area contributed by atoms with Crippen LogP contribution in [-0.2, 0) is 9.53 Å². The first-order valence-corrected chi connectivity index (χ1v) is 13.3. The number of methoxy groups -OCH3 is 1. The number of unbranched alkanes of at least 4 members (excludes halogenated alkanes) is 10. The number of piperidine rings is 1. The van der Waals surface area contributed by atoms with Crippen molar-refractivity contribution in [3.63, 3.8) is 0 Å². The van der Waals surface area contributed by atoms with Gasteiger partial charge in [0.15, 0.2) is 0 Å². The second-order valence-electron chi connectivity index (χ2n) is 9.56. The van der Waals surface area contributed by atoms with E-state index in [0.717, 1.165) is 32.2 Å². The fourth-order valence-corrected chi connectivity index (χ4v) is 4.64. The third kappa shape index (κ3) is 14.7. The zero-order valence-corrected chi connectivity index (χ0v) is 21.0. The first kappa shape index (κ1) is 28.7. The molecule has 0 radical (unpaired) electrons. The van der Waals surface area contributed by atoms with Crippen molar-refractivity contribution in [3.8, 4) is 0 Å². The van der Waals surface area contributed by atoms with E-state index in [9.17, 15) is 9.59 Å². The van der Waals surface area contributed by atoms with E-state index < -0.39 is 6.09 Å². The van der Waals surface area contributed by atoms with Gasteiger partial charge in [0, 0.05) is 19.5 Å². The average Bonchev–Trinajstić information content (AvgIpc) is 2.80. The largest absolute Gasteiger partial charge is 0.469 e. The van der Waals surface area contributed by atoms with Gasteiger partial charge < -0.3 is 19.6 Å². The van der Waals surface area contributed by atoms with Gasteiger partial charge in [0.1, 0.15) is 0 Å². The molecule has 0 unspecified atom stereocenters. The Labute approximate surface area is 197 Å². The van der Waals surface area contributed by atoms with E-state index in [4.69, 9.17) is 9.84 Å². The lowest BCUT2D eigenvalue weighted by Crippen LogP contribution is -2.38. The van der Waals surface area contributed by atoms with Crippen LogP contribution in [0.2, 0.25) is 0 Å². The smallest absolute Gasteiger partial charge is 0.407 e. The minimum Gasteiger partial charge on any atom is -0.469 e. The Morgan fingerprint density at radius 1 is 0.844 bits per heavy atom. The number of likely N-dealkylation sites (tertiary alicyclic amines) is 1. The molecule has 0 aliphatic carbocycles. The summed E-state index contributed by atoms with van der Waals surface area (Å²) in [6, 6.07) is 0. The lowest BCUT2D eigenvalue weighted by atomic mass is 9.93. The molecule has 0 atom stereocenters. The van der Waals surface area contributed by atoms with E-state index in [0.29, 0.717) is 25.4 Å². The van der Waals surface area contributed by atoms with E-state index in [1.165, 1.54) is 90.8 Å². The van der Waals surface area contributed by atoms with Gasteiger partial charge in [0.25, 0.3) is 0 Å². The molecule has 1 saturated heterocycles. The van der Waals surface area contributed by atoms with Gasteiger partial charge in [-0.15, -0.1) is 0 Å². The van der Waals surface area contributed by atoms with E-state index in [-0.39, 0.29) is 5.97 Å². The number of nitrogens with zero attached hydrogens (tertiary/aromatic N) is 2. The van der Waals surface area contributed by atoms with Gasteiger partial charge in [0.2, 0.25) is 0 Å². The Balaban J connectivity index is 2.24. The van der Waals surface area contributed by atoms with Crippen LogP contribution in [0.25, 0.3) is 0 Å². The van der Waals surface area contributed by atoms with Crippen molar-refractivity contribution in [2.45, 2.75) is 110 Å². The summed E-state index contributed by atoms with van der Waals surface area (Å²) in [5, 5.41) is 9.14. The van der Waals surface area contributed by atoms with Gasteiger partial charge in [-0.3, -0.25) is 4.79 Å². The first-order valence-electron chi connectivity index (χ1n) is 13.3. The summed E-state index contributed by atoms with van der Waals surface area (Å²) in [6.07, 6.45) is 18.1. The summed E-state index contributed by atoms with van der Waals surface area (Å²) >= 11 is 0. The summed E-state index contributed by atoms with van der Waals surface area (Å²) in [5.74, 6) is 0.570.